The van der Waals surface area contributed by atoms with Gasteiger partial charge in [0.05, 0.1) is 11.3 Å². The number of hydrogen-bond donors (Lipinski definition) is 1. The maximum atomic E-state index is 13.5. The monoisotopic (exact) mass is 454 g/mol. The van der Waals surface area contributed by atoms with Gasteiger partial charge in [-0.1, -0.05) is 41.4 Å². The van der Waals surface area contributed by atoms with Gasteiger partial charge in [-0.2, -0.15) is 0 Å². The Bertz CT molecular complexity index is 1250. The van der Waals surface area contributed by atoms with Crippen LogP contribution in [-0.2, 0) is 9.59 Å². The fourth-order valence-electron chi connectivity index (χ4n) is 3.49. The molecule has 0 spiro atoms. The molecule has 0 atom stereocenters. The first-order chi connectivity index (χ1) is 14.8. The molecule has 1 aliphatic rings. The van der Waals surface area contributed by atoms with E-state index in [0.717, 1.165) is 10.5 Å². The van der Waals surface area contributed by atoms with Gasteiger partial charge < -0.3 is 5.32 Å². The zero-order chi connectivity index (χ0) is 22.3. The van der Waals surface area contributed by atoms with Crippen molar-refractivity contribution in [2.24, 2.45) is 0 Å². The van der Waals surface area contributed by atoms with Crippen LogP contribution >= 0.6 is 23.2 Å². The smallest absolute Gasteiger partial charge is 0.282 e. The van der Waals surface area contributed by atoms with Gasteiger partial charge in [0, 0.05) is 15.7 Å². The predicted molar refractivity (Wildman–Crippen MR) is 122 cm³/mol. The fourth-order valence-corrected chi connectivity index (χ4v) is 3.89. The van der Waals surface area contributed by atoms with Crippen LogP contribution in [0.15, 0.2) is 66.4 Å². The second kappa shape index (κ2) is 8.17. The summed E-state index contributed by atoms with van der Waals surface area (Å²) >= 11 is 12.3. The summed E-state index contributed by atoms with van der Waals surface area (Å²) in [6.07, 6.45) is 0. The van der Waals surface area contributed by atoms with Crippen molar-refractivity contribution >= 4 is 52.0 Å². The molecule has 0 aromatic heterocycles. The van der Waals surface area contributed by atoms with Crippen molar-refractivity contribution in [2.45, 2.75) is 13.8 Å². The first-order valence-electron chi connectivity index (χ1n) is 9.45. The first-order valence-corrected chi connectivity index (χ1v) is 10.2. The Hall–Kier alpha value is -3.15. The van der Waals surface area contributed by atoms with Crippen molar-refractivity contribution in [3.05, 3.63) is 98.9 Å². The lowest BCUT2D eigenvalue weighted by Crippen LogP contribution is -2.33. The summed E-state index contributed by atoms with van der Waals surface area (Å²) in [5.41, 5.74) is 3.11. The molecule has 0 saturated heterocycles. The molecule has 7 heteroatoms. The quantitative estimate of drug-likeness (QED) is 0.481. The molecule has 31 heavy (non-hydrogen) atoms. The molecule has 0 fully saturated rings. The lowest BCUT2D eigenvalue weighted by molar-refractivity contribution is -0.120. The van der Waals surface area contributed by atoms with Crippen molar-refractivity contribution in [1.82, 2.24) is 0 Å². The maximum Gasteiger partial charge on any atom is 0.282 e. The maximum absolute atomic E-state index is 13.5. The number of carbonyl (C=O) groups excluding carboxylic acids is 2. The largest absolute Gasteiger partial charge is 0.350 e. The number of nitrogens with zero attached hydrogens (tertiary/aromatic N) is 1. The highest BCUT2D eigenvalue weighted by molar-refractivity contribution is 6.46. The summed E-state index contributed by atoms with van der Waals surface area (Å²) in [5.74, 6) is -1.48. The molecule has 2 amide bonds. The van der Waals surface area contributed by atoms with E-state index in [1.165, 1.54) is 24.3 Å². The summed E-state index contributed by atoms with van der Waals surface area (Å²) in [7, 11) is 0. The van der Waals surface area contributed by atoms with Crippen molar-refractivity contribution in [3.63, 3.8) is 0 Å². The predicted octanol–water partition coefficient (Wildman–Crippen LogP) is 6.15. The van der Waals surface area contributed by atoms with Gasteiger partial charge in [0.1, 0.15) is 11.5 Å². The van der Waals surface area contributed by atoms with Crippen LogP contribution in [-0.4, -0.2) is 11.8 Å². The summed E-state index contributed by atoms with van der Waals surface area (Å²) < 4.78 is 13.5. The Morgan fingerprint density at radius 3 is 2.29 bits per heavy atom. The number of anilines is 2. The van der Waals surface area contributed by atoms with E-state index in [4.69, 9.17) is 23.2 Å². The van der Waals surface area contributed by atoms with E-state index in [9.17, 15) is 14.0 Å². The number of benzene rings is 3. The van der Waals surface area contributed by atoms with Crippen molar-refractivity contribution < 1.29 is 14.0 Å². The molecule has 0 unspecified atom stereocenters. The fraction of sp³-hybridized carbons (Fsp3) is 0.0833. The van der Waals surface area contributed by atoms with Crippen molar-refractivity contribution in [3.8, 4) is 0 Å². The van der Waals surface area contributed by atoms with Gasteiger partial charge in [0.2, 0.25) is 0 Å². The van der Waals surface area contributed by atoms with E-state index in [2.05, 4.69) is 5.32 Å². The molecular formula is C24H17Cl2FN2O2. The number of imide groups is 1. The minimum absolute atomic E-state index is 0.0985. The lowest BCUT2D eigenvalue weighted by Gasteiger charge is -2.18. The van der Waals surface area contributed by atoms with Gasteiger partial charge in [-0.25, -0.2) is 9.29 Å². The molecule has 0 aliphatic carbocycles. The SMILES string of the molecule is Cc1cc(Cl)ccc1NC1=C(c2ccc(F)cc2)C(=O)N(c2cccc(Cl)c2C)C1=O. The standard InChI is InChI=1S/C24H17Cl2FN2O2/c1-13-12-16(25)8-11-19(13)28-22-21(15-6-9-17(27)10-7-15)23(30)29(24(22)31)20-5-3-4-18(26)14(20)2/h3-12,28H,1-2H3. The number of aryl methyl sites for hydroxylation is 1. The van der Waals surface area contributed by atoms with Crippen LogP contribution in [0.1, 0.15) is 16.7 Å². The second-order valence-electron chi connectivity index (χ2n) is 7.17. The summed E-state index contributed by atoms with van der Waals surface area (Å²) in [6, 6.07) is 15.6. The molecule has 3 aromatic rings. The average molecular weight is 455 g/mol. The highest BCUT2D eigenvalue weighted by atomic mass is 35.5. The average Bonchev–Trinajstić information content (AvgIpc) is 2.97. The number of carbonyl (C=O) groups is 2. The minimum Gasteiger partial charge on any atom is -0.350 e. The number of nitrogens with one attached hydrogen (secondary N) is 1. The van der Waals surface area contributed by atoms with Crippen LogP contribution in [0.4, 0.5) is 15.8 Å². The van der Waals surface area contributed by atoms with Gasteiger partial charge in [-0.15, -0.1) is 0 Å². The van der Waals surface area contributed by atoms with Crippen LogP contribution in [0.5, 0.6) is 0 Å². The van der Waals surface area contributed by atoms with Crippen LogP contribution in [0.3, 0.4) is 0 Å². The van der Waals surface area contributed by atoms with Crippen LogP contribution in [0.2, 0.25) is 10.0 Å². The van der Waals surface area contributed by atoms with Gasteiger partial charge in [-0.3, -0.25) is 9.59 Å². The molecule has 4 nitrogen and oxygen atoms in total. The van der Waals surface area contributed by atoms with Crippen LogP contribution in [0, 0.1) is 19.7 Å². The van der Waals surface area contributed by atoms with E-state index in [0.29, 0.717) is 32.5 Å². The van der Waals surface area contributed by atoms with E-state index in [1.54, 1.807) is 43.3 Å². The lowest BCUT2D eigenvalue weighted by atomic mass is 10.0. The molecular weight excluding hydrogens is 438 g/mol. The summed E-state index contributed by atoms with van der Waals surface area (Å²) in [4.78, 5) is 28.0. The molecule has 0 radical (unpaired) electrons. The Morgan fingerprint density at radius 1 is 0.903 bits per heavy atom. The Kier molecular flexibility index (Phi) is 5.56. The number of amides is 2. The molecule has 156 valence electrons. The van der Waals surface area contributed by atoms with E-state index < -0.39 is 17.6 Å². The van der Waals surface area contributed by atoms with Gasteiger partial charge in [0.25, 0.3) is 11.8 Å². The molecule has 1 aliphatic heterocycles. The second-order valence-corrected chi connectivity index (χ2v) is 8.01. The highest BCUT2D eigenvalue weighted by Crippen LogP contribution is 2.37. The van der Waals surface area contributed by atoms with Crippen molar-refractivity contribution in [1.29, 1.82) is 0 Å². The molecule has 4 rings (SSSR count). The van der Waals surface area contributed by atoms with Gasteiger partial charge in [-0.05, 0) is 73.0 Å². The van der Waals surface area contributed by atoms with Gasteiger partial charge in [0.15, 0.2) is 0 Å². The zero-order valence-electron chi connectivity index (χ0n) is 16.7. The molecule has 1 heterocycles. The van der Waals surface area contributed by atoms with Crippen molar-refractivity contribution in [2.75, 3.05) is 10.2 Å². The zero-order valence-corrected chi connectivity index (χ0v) is 18.2. The summed E-state index contributed by atoms with van der Waals surface area (Å²) in [5, 5.41) is 4.09. The molecule has 3 aromatic carbocycles. The topological polar surface area (TPSA) is 49.4 Å². The van der Waals surface area contributed by atoms with E-state index in [-0.39, 0.29) is 11.3 Å². The third-order valence-corrected chi connectivity index (χ3v) is 5.79. The molecule has 0 saturated carbocycles. The number of halogens is 3. The third-order valence-electron chi connectivity index (χ3n) is 5.14. The first kappa shape index (κ1) is 21.1. The van der Waals surface area contributed by atoms with E-state index >= 15 is 0 Å². The molecule has 1 N–H and O–H groups in total. The Labute approximate surface area is 188 Å². The van der Waals surface area contributed by atoms with Crippen LogP contribution < -0.4 is 10.2 Å². The minimum atomic E-state index is -0.524. The Balaban J connectivity index is 1.87. The number of rotatable bonds is 4. The van der Waals surface area contributed by atoms with E-state index in [1.807, 2.05) is 6.92 Å². The van der Waals surface area contributed by atoms with Crippen LogP contribution in [0.25, 0.3) is 5.57 Å². The third kappa shape index (κ3) is 3.82. The normalized spacial score (nSPS) is 13.9. The summed E-state index contributed by atoms with van der Waals surface area (Å²) in [6.45, 7) is 3.58. The van der Waals surface area contributed by atoms with Gasteiger partial charge >= 0.3 is 0 Å². The Morgan fingerprint density at radius 2 is 1.61 bits per heavy atom. The highest BCUT2D eigenvalue weighted by Gasteiger charge is 2.41. The number of hydrogen-bond acceptors (Lipinski definition) is 3. The molecule has 0 bridgehead atoms.